The molecule has 118 valence electrons. The predicted octanol–water partition coefficient (Wildman–Crippen LogP) is 2.95. The lowest BCUT2D eigenvalue weighted by atomic mass is 10.1. The van der Waals surface area contributed by atoms with Crippen molar-refractivity contribution < 1.29 is 9.90 Å². The lowest BCUT2D eigenvalue weighted by Crippen LogP contribution is -2.27. The van der Waals surface area contributed by atoms with Crippen LogP contribution in [0.25, 0.3) is 10.9 Å². The number of amides is 1. The zero-order valence-corrected chi connectivity index (χ0v) is 12.8. The first-order valence-electron chi connectivity index (χ1n) is 7.79. The molecule has 1 atom stereocenters. The fourth-order valence-electron chi connectivity index (χ4n) is 2.70. The standard InChI is InChI=1S/C19H20N2O2/c22-18(14-6-2-1-3-7-14)10-11-20-19(23)12-15-13-21-17-9-5-4-8-16(15)17/h1-9,13,18,21-22H,10-12H2,(H,20,23). The van der Waals surface area contributed by atoms with Crippen molar-refractivity contribution in [3.05, 3.63) is 71.9 Å². The largest absolute Gasteiger partial charge is 0.388 e. The summed E-state index contributed by atoms with van der Waals surface area (Å²) in [6, 6.07) is 17.4. The van der Waals surface area contributed by atoms with Crippen LogP contribution in [0.1, 0.15) is 23.7 Å². The van der Waals surface area contributed by atoms with Gasteiger partial charge in [0, 0.05) is 23.6 Å². The molecule has 3 aromatic rings. The van der Waals surface area contributed by atoms with E-state index >= 15 is 0 Å². The molecule has 3 rings (SSSR count). The molecule has 0 bridgehead atoms. The van der Waals surface area contributed by atoms with Crippen molar-refractivity contribution in [1.29, 1.82) is 0 Å². The number of benzene rings is 2. The molecule has 0 aliphatic heterocycles. The van der Waals surface area contributed by atoms with Crippen molar-refractivity contribution in [3.8, 4) is 0 Å². The van der Waals surface area contributed by atoms with Crippen LogP contribution in [0.3, 0.4) is 0 Å². The summed E-state index contributed by atoms with van der Waals surface area (Å²) >= 11 is 0. The molecule has 0 saturated carbocycles. The number of hydrogen-bond donors (Lipinski definition) is 3. The number of aromatic nitrogens is 1. The van der Waals surface area contributed by atoms with Crippen LogP contribution in [-0.4, -0.2) is 22.5 Å². The van der Waals surface area contributed by atoms with Gasteiger partial charge < -0.3 is 15.4 Å². The Kier molecular flexibility index (Phi) is 4.74. The van der Waals surface area contributed by atoms with Crippen molar-refractivity contribution in [2.45, 2.75) is 18.9 Å². The number of aliphatic hydroxyl groups is 1. The van der Waals surface area contributed by atoms with Gasteiger partial charge in [-0.3, -0.25) is 4.79 Å². The van der Waals surface area contributed by atoms with Crippen LogP contribution in [0.15, 0.2) is 60.8 Å². The van der Waals surface area contributed by atoms with Crippen LogP contribution in [0.2, 0.25) is 0 Å². The molecule has 0 saturated heterocycles. The van der Waals surface area contributed by atoms with Crippen LogP contribution >= 0.6 is 0 Å². The number of para-hydroxylation sites is 1. The van der Waals surface area contributed by atoms with Crippen LogP contribution in [0, 0.1) is 0 Å². The highest BCUT2D eigenvalue weighted by Crippen LogP contribution is 2.18. The number of hydrogen-bond acceptors (Lipinski definition) is 2. The Morgan fingerprint density at radius 1 is 1.09 bits per heavy atom. The lowest BCUT2D eigenvalue weighted by molar-refractivity contribution is -0.120. The summed E-state index contributed by atoms with van der Waals surface area (Å²) in [7, 11) is 0. The molecule has 0 radical (unpaired) electrons. The quantitative estimate of drug-likeness (QED) is 0.655. The summed E-state index contributed by atoms with van der Waals surface area (Å²) in [5, 5.41) is 14.0. The summed E-state index contributed by atoms with van der Waals surface area (Å²) in [5.41, 5.74) is 2.90. The Morgan fingerprint density at radius 3 is 2.65 bits per heavy atom. The van der Waals surface area contributed by atoms with Gasteiger partial charge in [-0.25, -0.2) is 0 Å². The van der Waals surface area contributed by atoms with Crippen molar-refractivity contribution in [3.63, 3.8) is 0 Å². The predicted molar refractivity (Wildman–Crippen MR) is 91.0 cm³/mol. The first-order chi connectivity index (χ1) is 11.2. The van der Waals surface area contributed by atoms with E-state index in [1.165, 1.54) is 0 Å². The third-order valence-corrected chi connectivity index (χ3v) is 3.95. The fraction of sp³-hybridized carbons (Fsp3) is 0.211. The second kappa shape index (κ2) is 7.11. The number of nitrogens with one attached hydrogen (secondary N) is 2. The summed E-state index contributed by atoms with van der Waals surface area (Å²) < 4.78 is 0. The Bertz CT molecular complexity index is 780. The van der Waals surface area contributed by atoms with Gasteiger partial charge in [-0.1, -0.05) is 48.5 Å². The van der Waals surface area contributed by atoms with E-state index in [0.29, 0.717) is 19.4 Å². The Hall–Kier alpha value is -2.59. The van der Waals surface area contributed by atoms with Gasteiger partial charge in [0.25, 0.3) is 0 Å². The Labute approximate surface area is 135 Å². The van der Waals surface area contributed by atoms with Crippen LogP contribution in [0.4, 0.5) is 0 Å². The van der Waals surface area contributed by atoms with Gasteiger partial charge in [0.1, 0.15) is 0 Å². The highest BCUT2D eigenvalue weighted by molar-refractivity contribution is 5.88. The third-order valence-electron chi connectivity index (χ3n) is 3.95. The number of carbonyl (C=O) groups excluding carboxylic acids is 1. The molecule has 4 nitrogen and oxygen atoms in total. The molecule has 0 aliphatic carbocycles. The minimum absolute atomic E-state index is 0.0324. The van der Waals surface area contributed by atoms with Gasteiger partial charge >= 0.3 is 0 Å². The topological polar surface area (TPSA) is 65.1 Å². The highest BCUT2D eigenvalue weighted by atomic mass is 16.3. The molecule has 1 heterocycles. The number of carbonyl (C=O) groups is 1. The number of H-pyrrole nitrogens is 1. The average Bonchev–Trinajstić information content (AvgIpc) is 2.99. The van der Waals surface area contributed by atoms with E-state index in [2.05, 4.69) is 10.3 Å². The second-order valence-corrected chi connectivity index (χ2v) is 5.60. The first kappa shape index (κ1) is 15.3. The molecule has 23 heavy (non-hydrogen) atoms. The second-order valence-electron chi connectivity index (χ2n) is 5.60. The molecule has 0 fully saturated rings. The highest BCUT2D eigenvalue weighted by Gasteiger charge is 2.10. The number of fused-ring (bicyclic) bond motifs is 1. The van der Waals surface area contributed by atoms with Crippen LogP contribution in [-0.2, 0) is 11.2 Å². The minimum atomic E-state index is -0.551. The van der Waals surface area contributed by atoms with Gasteiger partial charge in [-0.15, -0.1) is 0 Å². The van der Waals surface area contributed by atoms with Gasteiger partial charge in [-0.05, 0) is 23.6 Å². The van der Waals surface area contributed by atoms with E-state index in [1.807, 2.05) is 60.8 Å². The van der Waals surface area contributed by atoms with E-state index < -0.39 is 6.10 Å². The number of rotatable bonds is 6. The van der Waals surface area contributed by atoms with E-state index in [9.17, 15) is 9.90 Å². The summed E-state index contributed by atoms with van der Waals surface area (Å²) in [4.78, 5) is 15.2. The SMILES string of the molecule is O=C(Cc1c[nH]c2ccccc12)NCCC(O)c1ccccc1. The van der Waals surface area contributed by atoms with Gasteiger partial charge in [0.2, 0.25) is 5.91 Å². The molecule has 1 unspecified atom stereocenters. The van der Waals surface area contributed by atoms with E-state index in [-0.39, 0.29) is 5.91 Å². The van der Waals surface area contributed by atoms with Gasteiger partial charge in [-0.2, -0.15) is 0 Å². The summed E-state index contributed by atoms with van der Waals surface area (Å²) in [5.74, 6) is -0.0324. The zero-order chi connectivity index (χ0) is 16.1. The molecular formula is C19H20N2O2. The maximum atomic E-state index is 12.1. The average molecular weight is 308 g/mol. The maximum absolute atomic E-state index is 12.1. The molecule has 1 aromatic heterocycles. The molecule has 0 spiro atoms. The molecule has 0 aliphatic rings. The van der Waals surface area contributed by atoms with E-state index in [0.717, 1.165) is 22.0 Å². The molecule has 3 N–H and O–H groups in total. The van der Waals surface area contributed by atoms with Crippen LogP contribution in [0.5, 0.6) is 0 Å². The Morgan fingerprint density at radius 2 is 1.83 bits per heavy atom. The smallest absolute Gasteiger partial charge is 0.224 e. The summed E-state index contributed by atoms with van der Waals surface area (Å²) in [6.07, 6.45) is 2.17. The minimum Gasteiger partial charge on any atom is -0.388 e. The third kappa shape index (κ3) is 3.79. The fourth-order valence-corrected chi connectivity index (χ4v) is 2.70. The van der Waals surface area contributed by atoms with Crippen molar-refractivity contribution in [2.24, 2.45) is 0 Å². The van der Waals surface area contributed by atoms with Crippen molar-refractivity contribution >= 4 is 16.8 Å². The Balaban J connectivity index is 1.50. The van der Waals surface area contributed by atoms with Crippen molar-refractivity contribution in [2.75, 3.05) is 6.54 Å². The normalized spacial score (nSPS) is 12.2. The van der Waals surface area contributed by atoms with Crippen LogP contribution < -0.4 is 5.32 Å². The molecule has 1 amide bonds. The van der Waals surface area contributed by atoms with E-state index in [4.69, 9.17) is 0 Å². The maximum Gasteiger partial charge on any atom is 0.224 e. The first-order valence-corrected chi connectivity index (χ1v) is 7.79. The summed E-state index contributed by atoms with van der Waals surface area (Å²) in [6.45, 7) is 0.456. The van der Waals surface area contributed by atoms with E-state index in [1.54, 1.807) is 0 Å². The molecular weight excluding hydrogens is 288 g/mol. The zero-order valence-electron chi connectivity index (χ0n) is 12.8. The van der Waals surface area contributed by atoms with Gasteiger partial charge in [0.15, 0.2) is 0 Å². The number of aliphatic hydroxyl groups excluding tert-OH is 1. The molecule has 2 aromatic carbocycles. The molecule has 4 heteroatoms. The van der Waals surface area contributed by atoms with Gasteiger partial charge in [0.05, 0.1) is 12.5 Å². The lowest BCUT2D eigenvalue weighted by Gasteiger charge is -2.11. The van der Waals surface area contributed by atoms with Crippen molar-refractivity contribution in [1.82, 2.24) is 10.3 Å². The number of aromatic amines is 1. The monoisotopic (exact) mass is 308 g/mol.